The van der Waals surface area contributed by atoms with E-state index < -0.39 is 4.92 Å². The van der Waals surface area contributed by atoms with Crippen LogP contribution in [0.2, 0.25) is 0 Å². The molecule has 0 bridgehead atoms. The molecule has 4 unspecified atom stereocenters. The molecule has 132 valence electrons. The maximum atomic E-state index is 12.5. The van der Waals surface area contributed by atoms with E-state index >= 15 is 0 Å². The summed E-state index contributed by atoms with van der Waals surface area (Å²) in [6.45, 7) is 3.58. The van der Waals surface area contributed by atoms with E-state index in [1.807, 2.05) is 6.92 Å². The van der Waals surface area contributed by atoms with Crippen molar-refractivity contribution in [1.29, 1.82) is 0 Å². The number of non-ortho nitro benzene ring substituents is 1. The number of carbonyl (C=O) groups excluding carboxylic acids is 1. The Bertz CT molecular complexity index is 615. The number of hydrazine groups is 1. The molecule has 1 aromatic carbocycles. The Kier molecular flexibility index (Phi) is 6.11. The van der Waals surface area contributed by atoms with Crippen LogP contribution in [0.25, 0.3) is 0 Å². The van der Waals surface area contributed by atoms with E-state index in [0.29, 0.717) is 6.04 Å². The fourth-order valence-corrected chi connectivity index (χ4v) is 3.27. The molecule has 0 saturated carbocycles. The molecule has 2 aliphatic heterocycles. The smallest absolute Gasteiger partial charge is 0.269 e. The third-order valence-electron chi connectivity index (χ3n) is 4.60. The first kappa shape index (κ1) is 18.6. The average molecular weight is 356 g/mol. The van der Waals surface area contributed by atoms with E-state index in [1.165, 1.54) is 12.1 Å². The molecule has 2 heterocycles. The maximum Gasteiger partial charge on any atom is 0.269 e. The van der Waals surface area contributed by atoms with E-state index in [2.05, 4.69) is 21.5 Å². The molecule has 3 rings (SSSR count). The van der Waals surface area contributed by atoms with Crippen molar-refractivity contribution in [1.82, 2.24) is 21.5 Å². The average Bonchev–Trinajstić information content (AvgIpc) is 2.99. The van der Waals surface area contributed by atoms with Gasteiger partial charge in [-0.15, -0.1) is 12.4 Å². The number of carbonyl (C=O) groups is 1. The molecule has 2 fully saturated rings. The van der Waals surface area contributed by atoms with E-state index in [-0.39, 0.29) is 42.0 Å². The Labute approximate surface area is 146 Å². The highest BCUT2D eigenvalue weighted by Gasteiger charge is 2.41. The van der Waals surface area contributed by atoms with Crippen molar-refractivity contribution in [3.8, 4) is 0 Å². The zero-order chi connectivity index (χ0) is 16.4. The summed E-state index contributed by atoms with van der Waals surface area (Å²) in [5.74, 6) is 0.119. The topological polar surface area (TPSA) is 108 Å². The summed E-state index contributed by atoms with van der Waals surface area (Å²) >= 11 is 0. The van der Waals surface area contributed by atoms with Crippen molar-refractivity contribution in [3.05, 3.63) is 39.9 Å². The van der Waals surface area contributed by atoms with Crippen LogP contribution < -0.4 is 21.5 Å². The molecule has 2 aliphatic rings. The number of nitro benzene ring substituents is 1. The van der Waals surface area contributed by atoms with Crippen LogP contribution in [0.4, 0.5) is 5.69 Å². The Morgan fingerprint density at radius 3 is 2.96 bits per heavy atom. The molecular formula is C15H22ClN5O3. The van der Waals surface area contributed by atoms with Gasteiger partial charge in [-0.25, -0.2) is 5.43 Å². The highest BCUT2D eigenvalue weighted by Crippen LogP contribution is 2.22. The Morgan fingerprint density at radius 2 is 2.21 bits per heavy atom. The van der Waals surface area contributed by atoms with Crippen LogP contribution in [0.15, 0.2) is 24.3 Å². The second-order valence-corrected chi connectivity index (χ2v) is 6.11. The highest BCUT2D eigenvalue weighted by molar-refractivity contribution is 5.85. The number of hydrogen-bond acceptors (Lipinski definition) is 6. The zero-order valence-corrected chi connectivity index (χ0v) is 14.1. The number of nitrogens with zero attached hydrogens (tertiary/aromatic N) is 1. The molecule has 4 N–H and O–H groups in total. The summed E-state index contributed by atoms with van der Waals surface area (Å²) in [7, 11) is 0. The third kappa shape index (κ3) is 3.84. The molecule has 0 aromatic heterocycles. The number of halogens is 1. The normalized spacial score (nSPS) is 26.8. The van der Waals surface area contributed by atoms with Gasteiger partial charge < -0.3 is 10.6 Å². The standard InChI is InChI=1S/C15H21N5O3.ClH/c1-9(10-3-2-4-11(7-10)20(22)23)17-15(21)14-12-8-16-6-5-13(12)18-19-14;/h2-4,7,9,12-14,16,18-19H,5-6,8H2,1H3,(H,17,21);1H. The lowest BCUT2D eigenvalue weighted by Crippen LogP contribution is -2.49. The molecule has 24 heavy (non-hydrogen) atoms. The minimum Gasteiger partial charge on any atom is -0.348 e. The van der Waals surface area contributed by atoms with E-state index in [0.717, 1.165) is 25.1 Å². The molecule has 0 aliphatic carbocycles. The molecule has 2 saturated heterocycles. The van der Waals surface area contributed by atoms with Crippen LogP contribution in [-0.2, 0) is 4.79 Å². The van der Waals surface area contributed by atoms with Crippen LogP contribution in [0.5, 0.6) is 0 Å². The number of nitro groups is 1. The van der Waals surface area contributed by atoms with Crippen molar-refractivity contribution < 1.29 is 9.72 Å². The molecule has 1 aromatic rings. The molecule has 8 nitrogen and oxygen atoms in total. The summed E-state index contributed by atoms with van der Waals surface area (Å²) in [6, 6.07) is 6.07. The number of nitrogens with one attached hydrogen (secondary N) is 4. The Hall–Kier alpha value is -1.74. The SMILES string of the molecule is CC(NC(=O)C1NNC2CCNCC21)c1cccc([N+](=O)[O-])c1.Cl. The van der Waals surface area contributed by atoms with Crippen molar-refractivity contribution >= 4 is 24.0 Å². The van der Waals surface area contributed by atoms with Gasteiger partial charge >= 0.3 is 0 Å². The Morgan fingerprint density at radius 1 is 1.42 bits per heavy atom. The van der Waals surface area contributed by atoms with Gasteiger partial charge in [0, 0.05) is 30.6 Å². The molecule has 4 atom stereocenters. The lowest BCUT2D eigenvalue weighted by Gasteiger charge is -2.28. The quantitative estimate of drug-likeness (QED) is 0.466. The summed E-state index contributed by atoms with van der Waals surface area (Å²) in [4.78, 5) is 23.0. The van der Waals surface area contributed by atoms with Gasteiger partial charge in [-0.2, -0.15) is 0 Å². The fraction of sp³-hybridized carbons (Fsp3) is 0.533. The van der Waals surface area contributed by atoms with Crippen LogP contribution in [0.3, 0.4) is 0 Å². The largest absolute Gasteiger partial charge is 0.348 e. The second kappa shape index (κ2) is 7.89. The van der Waals surface area contributed by atoms with E-state index in [9.17, 15) is 14.9 Å². The first-order valence-electron chi connectivity index (χ1n) is 7.83. The predicted molar refractivity (Wildman–Crippen MR) is 91.7 cm³/mol. The summed E-state index contributed by atoms with van der Waals surface area (Å²) in [5.41, 5.74) is 7.01. The van der Waals surface area contributed by atoms with Crippen molar-refractivity contribution in [2.45, 2.75) is 31.5 Å². The summed E-state index contributed by atoms with van der Waals surface area (Å²) in [6.07, 6.45) is 0.988. The fourth-order valence-electron chi connectivity index (χ4n) is 3.27. The monoisotopic (exact) mass is 355 g/mol. The first-order valence-corrected chi connectivity index (χ1v) is 7.83. The van der Waals surface area contributed by atoms with Crippen molar-refractivity contribution in [3.63, 3.8) is 0 Å². The van der Waals surface area contributed by atoms with Crippen LogP contribution in [0.1, 0.15) is 24.9 Å². The van der Waals surface area contributed by atoms with Crippen LogP contribution >= 0.6 is 12.4 Å². The number of fused-ring (bicyclic) bond motifs is 1. The van der Waals surface area contributed by atoms with Crippen molar-refractivity contribution in [2.75, 3.05) is 13.1 Å². The molecule has 1 amide bonds. The zero-order valence-electron chi connectivity index (χ0n) is 13.3. The van der Waals surface area contributed by atoms with E-state index in [1.54, 1.807) is 12.1 Å². The van der Waals surface area contributed by atoms with Gasteiger partial charge in [-0.05, 0) is 25.5 Å². The predicted octanol–water partition coefficient (Wildman–Crippen LogP) is 0.648. The van der Waals surface area contributed by atoms with E-state index in [4.69, 9.17) is 0 Å². The highest BCUT2D eigenvalue weighted by atomic mass is 35.5. The lowest BCUT2D eigenvalue weighted by molar-refractivity contribution is -0.384. The third-order valence-corrected chi connectivity index (χ3v) is 4.60. The van der Waals surface area contributed by atoms with Gasteiger partial charge in [0.05, 0.1) is 11.0 Å². The maximum absolute atomic E-state index is 12.5. The number of amides is 1. The number of hydrogen-bond donors (Lipinski definition) is 4. The van der Waals surface area contributed by atoms with Gasteiger partial charge in [0.1, 0.15) is 6.04 Å². The summed E-state index contributed by atoms with van der Waals surface area (Å²) < 4.78 is 0. The van der Waals surface area contributed by atoms with Gasteiger partial charge in [-0.3, -0.25) is 20.3 Å². The van der Waals surface area contributed by atoms with Gasteiger partial charge in [-0.1, -0.05) is 12.1 Å². The van der Waals surface area contributed by atoms with Gasteiger partial charge in [0.2, 0.25) is 5.91 Å². The molecule has 9 heteroatoms. The second-order valence-electron chi connectivity index (χ2n) is 6.11. The van der Waals surface area contributed by atoms with Crippen molar-refractivity contribution in [2.24, 2.45) is 5.92 Å². The number of rotatable bonds is 4. The van der Waals surface area contributed by atoms with Gasteiger partial charge in [0.15, 0.2) is 0 Å². The Balaban J connectivity index is 0.00000208. The van der Waals surface area contributed by atoms with Crippen LogP contribution in [-0.4, -0.2) is 36.0 Å². The minimum absolute atomic E-state index is 0. The van der Waals surface area contributed by atoms with Crippen LogP contribution in [0, 0.1) is 16.0 Å². The molecular weight excluding hydrogens is 334 g/mol. The molecule has 0 spiro atoms. The number of benzene rings is 1. The number of piperidine rings is 1. The summed E-state index contributed by atoms with van der Waals surface area (Å²) in [5, 5.41) is 17.1. The lowest BCUT2D eigenvalue weighted by atomic mass is 9.89. The van der Waals surface area contributed by atoms with Gasteiger partial charge in [0.25, 0.3) is 5.69 Å². The first-order chi connectivity index (χ1) is 11.1. The molecule has 0 radical (unpaired) electrons. The minimum atomic E-state index is -0.432.